The zero-order valence-electron chi connectivity index (χ0n) is 14.7. The number of amides is 1. The fourth-order valence-electron chi connectivity index (χ4n) is 2.83. The molecule has 7 heteroatoms. The van der Waals surface area contributed by atoms with Crippen LogP contribution in [0.5, 0.6) is 5.75 Å². The van der Waals surface area contributed by atoms with Crippen LogP contribution in [0.1, 0.15) is 6.92 Å². The van der Waals surface area contributed by atoms with Gasteiger partial charge in [0.15, 0.2) is 0 Å². The highest BCUT2D eigenvalue weighted by molar-refractivity contribution is 5.88. The molecule has 0 fully saturated rings. The van der Waals surface area contributed by atoms with E-state index in [1.165, 1.54) is 6.92 Å². The quantitative estimate of drug-likeness (QED) is 0.705. The molecule has 26 heavy (non-hydrogen) atoms. The molecule has 7 nitrogen and oxygen atoms in total. The molecule has 3 aromatic rings. The monoisotopic (exact) mass is 355 g/mol. The minimum atomic E-state index is -0.839. The van der Waals surface area contributed by atoms with Gasteiger partial charge in [-0.2, -0.15) is 0 Å². The molecular weight excluding hydrogens is 334 g/mol. The van der Waals surface area contributed by atoms with Gasteiger partial charge in [-0.15, -0.1) is 0 Å². The Bertz CT molecular complexity index is 973. The number of nitrogens with zero attached hydrogens (tertiary/aromatic N) is 2. The Labute approximate surface area is 150 Å². The number of anilines is 1. The van der Waals surface area contributed by atoms with E-state index in [1.807, 2.05) is 24.3 Å². The number of carbonyl (C=O) groups excluding carboxylic acids is 1. The first-order valence-corrected chi connectivity index (χ1v) is 8.28. The largest absolute Gasteiger partial charge is 0.491 e. The van der Waals surface area contributed by atoms with Crippen molar-refractivity contribution in [1.29, 1.82) is 0 Å². The summed E-state index contributed by atoms with van der Waals surface area (Å²) in [5, 5.41) is 13.0. The minimum Gasteiger partial charge on any atom is -0.491 e. The summed E-state index contributed by atoms with van der Waals surface area (Å²) in [7, 11) is 1.71. The van der Waals surface area contributed by atoms with Crippen molar-refractivity contribution in [3.63, 3.8) is 0 Å². The third-order valence-electron chi connectivity index (χ3n) is 4.06. The van der Waals surface area contributed by atoms with Crippen LogP contribution in [0.4, 0.5) is 5.69 Å². The molecule has 136 valence electrons. The highest BCUT2D eigenvalue weighted by Crippen LogP contribution is 2.16. The van der Waals surface area contributed by atoms with E-state index in [0.717, 1.165) is 11.0 Å². The summed E-state index contributed by atoms with van der Waals surface area (Å²) in [6.07, 6.45) is -0.839. The zero-order valence-corrected chi connectivity index (χ0v) is 14.7. The number of ether oxygens (including phenoxy) is 1. The predicted molar refractivity (Wildman–Crippen MR) is 99.4 cm³/mol. The number of aromatic nitrogens is 2. The molecule has 2 aromatic carbocycles. The van der Waals surface area contributed by atoms with Crippen LogP contribution in [-0.4, -0.2) is 32.9 Å². The van der Waals surface area contributed by atoms with Crippen molar-refractivity contribution in [3.8, 4) is 5.75 Å². The summed E-state index contributed by atoms with van der Waals surface area (Å²) in [6.45, 7) is 1.63. The first-order chi connectivity index (χ1) is 12.5. The number of imidazole rings is 1. The van der Waals surface area contributed by atoms with Crippen LogP contribution < -0.4 is 15.7 Å². The molecule has 1 aromatic heterocycles. The fraction of sp³-hybridized carbons (Fsp3) is 0.263. The molecule has 0 aliphatic rings. The lowest BCUT2D eigenvalue weighted by Gasteiger charge is -2.13. The number of aryl methyl sites for hydroxylation is 1. The van der Waals surface area contributed by atoms with E-state index in [2.05, 4.69) is 5.32 Å². The topological polar surface area (TPSA) is 85.5 Å². The molecule has 0 aliphatic carbocycles. The smallest absolute Gasteiger partial charge is 0.328 e. The molecule has 0 radical (unpaired) electrons. The minimum absolute atomic E-state index is 0.0507. The van der Waals surface area contributed by atoms with Crippen LogP contribution in [0.2, 0.25) is 0 Å². The van der Waals surface area contributed by atoms with Crippen molar-refractivity contribution in [2.24, 2.45) is 7.05 Å². The lowest BCUT2D eigenvalue weighted by molar-refractivity contribution is -0.114. The van der Waals surface area contributed by atoms with Crippen molar-refractivity contribution in [2.75, 3.05) is 11.9 Å². The maximum Gasteiger partial charge on any atom is 0.328 e. The molecule has 0 unspecified atom stereocenters. The lowest BCUT2D eigenvalue weighted by atomic mass is 10.3. The third kappa shape index (κ3) is 3.78. The number of nitrogens with one attached hydrogen (secondary N) is 1. The first-order valence-electron chi connectivity index (χ1n) is 8.28. The Balaban J connectivity index is 1.65. The van der Waals surface area contributed by atoms with Crippen LogP contribution in [0.3, 0.4) is 0 Å². The van der Waals surface area contributed by atoms with E-state index >= 15 is 0 Å². The van der Waals surface area contributed by atoms with E-state index < -0.39 is 6.10 Å². The van der Waals surface area contributed by atoms with Crippen molar-refractivity contribution >= 4 is 22.6 Å². The zero-order chi connectivity index (χ0) is 18.7. The van der Waals surface area contributed by atoms with Crippen molar-refractivity contribution < 1.29 is 14.6 Å². The van der Waals surface area contributed by atoms with Gasteiger partial charge in [-0.3, -0.25) is 13.9 Å². The summed E-state index contributed by atoms with van der Waals surface area (Å²) >= 11 is 0. The standard InChI is InChI=1S/C19H21N3O4/c1-13(23)20-14-7-9-16(10-8-14)26-12-15(24)11-22-18-6-4-3-5-17(18)21(2)19(22)25/h3-10,15,24H,11-12H2,1-2H3,(H,20,23)/t15-/m1/s1. The molecule has 0 bridgehead atoms. The number of hydrogen-bond acceptors (Lipinski definition) is 4. The highest BCUT2D eigenvalue weighted by atomic mass is 16.5. The van der Waals surface area contributed by atoms with Crippen LogP contribution in [0.25, 0.3) is 11.0 Å². The molecule has 1 amide bonds. The molecule has 2 N–H and O–H groups in total. The maximum absolute atomic E-state index is 12.4. The lowest BCUT2D eigenvalue weighted by Crippen LogP contribution is -2.30. The van der Waals surface area contributed by atoms with Gasteiger partial charge in [-0.25, -0.2) is 4.79 Å². The Morgan fingerprint density at radius 2 is 1.81 bits per heavy atom. The van der Waals surface area contributed by atoms with Gasteiger partial charge in [0.1, 0.15) is 18.5 Å². The highest BCUT2D eigenvalue weighted by Gasteiger charge is 2.14. The second-order valence-corrected chi connectivity index (χ2v) is 6.11. The van der Waals surface area contributed by atoms with Gasteiger partial charge in [-0.05, 0) is 36.4 Å². The van der Waals surface area contributed by atoms with E-state index in [1.54, 1.807) is 40.4 Å². The first kappa shape index (κ1) is 17.8. The Kier molecular flexibility index (Phi) is 5.09. The summed E-state index contributed by atoms with van der Waals surface area (Å²) < 4.78 is 8.68. The predicted octanol–water partition coefficient (Wildman–Crippen LogP) is 1.74. The van der Waals surface area contributed by atoms with Gasteiger partial charge in [0.05, 0.1) is 17.6 Å². The van der Waals surface area contributed by atoms with Crippen LogP contribution in [-0.2, 0) is 18.4 Å². The summed E-state index contributed by atoms with van der Waals surface area (Å²) in [6, 6.07) is 14.3. The van der Waals surface area contributed by atoms with Gasteiger partial charge in [0.25, 0.3) is 0 Å². The van der Waals surface area contributed by atoms with Crippen LogP contribution in [0.15, 0.2) is 53.3 Å². The average Bonchev–Trinajstić information content (AvgIpc) is 2.86. The number of rotatable bonds is 6. The van der Waals surface area contributed by atoms with E-state index in [9.17, 15) is 14.7 Å². The molecule has 1 heterocycles. The van der Waals surface area contributed by atoms with Gasteiger partial charge in [0, 0.05) is 19.7 Å². The normalized spacial score (nSPS) is 12.1. The number of aliphatic hydroxyl groups is 1. The number of carbonyl (C=O) groups is 1. The van der Waals surface area contributed by atoms with Gasteiger partial charge in [0.2, 0.25) is 5.91 Å². The number of aliphatic hydroxyl groups excluding tert-OH is 1. The number of hydrogen-bond donors (Lipinski definition) is 2. The average molecular weight is 355 g/mol. The second-order valence-electron chi connectivity index (χ2n) is 6.11. The number of fused-ring (bicyclic) bond motifs is 1. The van der Waals surface area contributed by atoms with Crippen LogP contribution in [0, 0.1) is 0 Å². The molecule has 0 spiro atoms. The summed E-state index contributed by atoms with van der Waals surface area (Å²) in [5.74, 6) is 0.429. The van der Waals surface area contributed by atoms with Crippen molar-refractivity contribution in [1.82, 2.24) is 9.13 Å². The molecular formula is C19H21N3O4. The van der Waals surface area contributed by atoms with Crippen molar-refractivity contribution in [2.45, 2.75) is 19.6 Å². The van der Waals surface area contributed by atoms with Crippen LogP contribution >= 0.6 is 0 Å². The molecule has 0 saturated heterocycles. The molecule has 1 atom stereocenters. The molecule has 0 aliphatic heterocycles. The van der Waals surface area contributed by atoms with Crippen molar-refractivity contribution in [3.05, 3.63) is 59.0 Å². The van der Waals surface area contributed by atoms with Gasteiger partial charge < -0.3 is 15.2 Å². The fourth-order valence-corrected chi connectivity index (χ4v) is 2.83. The number of para-hydroxylation sites is 2. The molecule has 0 saturated carbocycles. The Hall–Kier alpha value is -3.06. The van der Waals surface area contributed by atoms with Gasteiger partial charge in [-0.1, -0.05) is 12.1 Å². The third-order valence-corrected chi connectivity index (χ3v) is 4.06. The Morgan fingerprint density at radius 1 is 1.15 bits per heavy atom. The summed E-state index contributed by atoms with van der Waals surface area (Å²) in [5.41, 5.74) is 2.09. The SMILES string of the molecule is CC(=O)Nc1ccc(OC[C@H](O)Cn2c(=O)n(C)c3ccccc32)cc1. The Morgan fingerprint density at radius 3 is 2.46 bits per heavy atom. The van der Waals surface area contributed by atoms with E-state index in [0.29, 0.717) is 11.4 Å². The molecule has 3 rings (SSSR count). The second kappa shape index (κ2) is 7.45. The van der Waals surface area contributed by atoms with E-state index in [-0.39, 0.29) is 24.7 Å². The van der Waals surface area contributed by atoms with E-state index in [4.69, 9.17) is 4.74 Å². The number of benzene rings is 2. The van der Waals surface area contributed by atoms with Gasteiger partial charge >= 0.3 is 5.69 Å². The summed E-state index contributed by atoms with van der Waals surface area (Å²) in [4.78, 5) is 23.4. The maximum atomic E-state index is 12.4.